The second-order valence-electron chi connectivity index (χ2n) is 4.47. The van der Waals surface area contributed by atoms with E-state index < -0.39 is 22.0 Å². The van der Waals surface area contributed by atoms with E-state index in [0.717, 1.165) is 4.31 Å². The Hall–Kier alpha value is -1.93. The minimum atomic E-state index is -3.77. The molecule has 0 aliphatic carbocycles. The molecule has 0 bridgehead atoms. The molecule has 108 valence electrons. The molecule has 2 rings (SSSR count). The Kier molecular flexibility index (Phi) is 3.78. The van der Waals surface area contributed by atoms with Gasteiger partial charge in [-0.2, -0.15) is 4.31 Å². The highest BCUT2D eigenvalue weighted by atomic mass is 32.2. The molecule has 1 saturated heterocycles. The third-order valence-corrected chi connectivity index (χ3v) is 5.17. The lowest BCUT2D eigenvalue weighted by Gasteiger charge is -2.31. The SMILES string of the molecule is CC1C(=O)NCCN1S(=O)(=O)c1ccc(C(N)=O)cc1. The molecule has 1 fully saturated rings. The van der Waals surface area contributed by atoms with E-state index in [0.29, 0.717) is 0 Å². The molecule has 1 heterocycles. The van der Waals surface area contributed by atoms with Gasteiger partial charge in [-0.3, -0.25) is 9.59 Å². The number of piperazine rings is 1. The summed E-state index contributed by atoms with van der Waals surface area (Å²) in [7, 11) is -3.77. The average Bonchev–Trinajstić information content (AvgIpc) is 2.41. The lowest BCUT2D eigenvalue weighted by atomic mass is 10.2. The summed E-state index contributed by atoms with van der Waals surface area (Å²) in [6.07, 6.45) is 0. The maximum Gasteiger partial charge on any atom is 0.248 e. The first-order valence-corrected chi connectivity index (χ1v) is 7.47. The van der Waals surface area contributed by atoms with Crippen LogP contribution in [0.5, 0.6) is 0 Å². The Bertz CT molecular complexity index is 639. The largest absolute Gasteiger partial charge is 0.366 e. The summed E-state index contributed by atoms with van der Waals surface area (Å²) >= 11 is 0. The molecule has 1 aliphatic heterocycles. The molecule has 1 unspecified atom stereocenters. The maximum absolute atomic E-state index is 12.5. The van der Waals surface area contributed by atoms with Crippen molar-refractivity contribution in [3.8, 4) is 0 Å². The fraction of sp³-hybridized carbons (Fsp3) is 0.333. The molecule has 7 nitrogen and oxygen atoms in total. The van der Waals surface area contributed by atoms with Crippen molar-refractivity contribution in [2.24, 2.45) is 5.73 Å². The van der Waals surface area contributed by atoms with Crippen LogP contribution >= 0.6 is 0 Å². The van der Waals surface area contributed by atoms with E-state index in [1.54, 1.807) is 0 Å². The molecule has 3 N–H and O–H groups in total. The fourth-order valence-electron chi connectivity index (χ4n) is 2.02. The normalized spacial score (nSPS) is 20.4. The van der Waals surface area contributed by atoms with Crippen LogP contribution in [0, 0.1) is 0 Å². The first-order chi connectivity index (χ1) is 9.34. The van der Waals surface area contributed by atoms with Gasteiger partial charge in [0, 0.05) is 18.7 Å². The molecule has 1 aromatic carbocycles. The zero-order valence-electron chi connectivity index (χ0n) is 10.9. The maximum atomic E-state index is 12.5. The van der Waals surface area contributed by atoms with Crippen LogP contribution in [-0.2, 0) is 14.8 Å². The number of nitrogens with two attached hydrogens (primary N) is 1. The Morgan fingerprint density at radius 1 is 1.35 bits per heavy atom. The number of carbonyl (C=O) groups excluding carboxylic acids is 2. The van der Waals surface area contributed by atoms with Gasteiger partial charge >= 0.3 is 0 Å². The van der Waals surface area contributed by atoms with E-state index in [1.165, 1.54) is 31.2 Å². The lowest BCUT2D eigenvalue weighted by molar-refractivity contribution is -0.126. The van der Waals surface area contributed by atoms with Crippen LogP contribution in [0.3, 0.4) is 0 Å². The summed E-state index contributed by atoms with van der Waals surface area (Å²) in [5, 5.41) is 2.60. The van der Waals surface area contributed by atoms with E-state index in [1.807, 2.05) is 0 Å². The number of benzene rings is 1. The van der Waals surface area contributed by atoms with Crippen molar-refractivity contribution in [3.05, 3.63) is 29.8 Å². The molecule has 20 heavy (non-hydrogen) atoms. The van der Waals surface area contributed by atoms with Gasteiger partial charge < -0.3 is 11.1 Å². The van der Waals surface area contributed by atoms with Crippen LogP contribution < -0.4 is 11.1 Å². The van der Waals surface area contributed by atoms with Gasteiger partial charge in [0.1, 0.15) is 6.04 Å². The van der Waals surface area contributed by atoms with Crippen molar-refractivity contribution >= 4 is 21.8 Å². The zero-order valence-corrected chi connectivity index (χ0v) is 11.7. The number of primary amides is 1. The fourth-order valence-corrected chi connectivity index (χ4v) is 3.61. The number of amides is 2. The lowest BCUT2D eigenvalue weighted by Crippen LogP contribution is -2.55. The predicted octanol–water partition coefficient (Wildman–Crippen LogP) is -0.705. The number of sulfonamides is 1. The van der Waals surface area contributed by atoms with Crippen molar-refractivity contribution in [2.45, 2.75) is 17.9 Å². The second-order valence-corrected chi connectivity index (χ2v) is 6.36. The number of rotatable bonds is 3. The highest BCUT2D eigenvalue weighted by Crippen LogP contribution is 2.20. The second kappa shape index (κ2) is 5.22. The van der Waals surface area contributed by atoms with Gasteiger partial charge in [-0.15, -0.1) is 0 Å². The quantitative estimate of drug-likeness (QED) is 0.768. The van der Waals surface area contributed by atoms with Gasteiger partial charge in [-0.1, -0.05) is 0 Å². The molecule has 1 aromatic rings. The zero-order chi connectivity index (χ0) is 14.9. The van der Waals surface area contributed by atoms with Crippen LogP contribution in [0.1, 0.15) is 17.3 Å². The summed E-state index contributed by atoms with van der Waals surface area (Å²) in [6, 6.07) is 4.57. The van der Waals surface area contributed by atoms with Gasteiger partial charge in [-0.25, -0.2) is 8.42 Å². The van der Waals surface area contributed by atoms with Gasteiger partial charge in [0.15, 0.2) is 0 Å². The molecule has 1 aliphatic rings. The summed E-state index contributed by atoms with van der Waals surface area (Å²) in [6.45, 7) is 2.03. The highest BCUT2D eigenvalue weighted by Gasteiger charge is 2.35. The van der Waals surface area contributed by atoms with Gasteiger partial charge in [0.2, 0.25) is 21.8 Å². The van der Waals surface area contributed by atoms with Crippen LogP contribution in [0.2, 0.25) is 0 Å². The molecule has 8 heteroatoms. The third-order valence-electron chi connectivity index (χ3n) is 3.19. The standard InChI is InChI=1S/C12H15N3O4S/c1-8-12(17)14-6-7-15(8)20(18,19)10-4-2-9(3-5-10)11(13)16/h2-5,8H,6-7H2,1H3,(H2,13,16)(H,14,17). The van der Waals surface area contributed by atoms with Crippen molar-refractivity contribution in [2.75, 3.05) is 13.1 Å². The van der Waals surface area contributed by atoms with E-state index in [2.05, 4.69) is 5.32 Å². The molecule has 0 radical (unpaired) electrons. The minimum absolute atomic E-state index is 0.0315. The predicted molar refractivity (Wildman–Crippen MR) is 71.3 cm³/mol. The molecular formula is C12H15N3O4S. The Morgan fingerprint density at radius 2 is 1.95 bits per heavy atom. The smallest absolute Gasteiger partial charge is 0.248 e. The molecule has 0 spiro atoms. The highest BCUT2D eigenvalue weighted by molar-refractivity contribution is 7.89. The van der Waals surface area contributed by atoms with Crippen molar-refractivity contribution in [3.63, 3.8) is 0 Å². The molecule has 0 saturated carbocycles. The van der Waals surface area contributed by atoms with E-state index in [4.69, 9.17) is 5.73 Å². The van der Waals surface area contributed by atoms with Crippen molar-refractivity contribution in [1.29, 1.82) is 0 Å². The van der Waals surface area contributed by atoms with Gasteiger partial charge in [-0.05, 0) is 31.2 Å². The Balaban J connectivity index is 2.34. The topological polar surface area (TPSA) is 110 Å². The third kappa shape index (κ3) is 2.52. The van der Waals surface area contributed by atoms with Crippen molar-refractivity contribution < 1.29 is 18.0 Å². The molecular weight excluding hydrogens is 282 g/mol. The first kappa shape index (κ1) is 14.5. The van der Waals surface area contributed by atoms with Crippen molar-refractivity contribution in [1.82, 2.24) is 9.62 Å². The molecule has 0 aromatic heterocycles. The number of hydrogen-bond acceptors (Lipinski definition) is 4. The summed E-state index contributed by atoms with van der Waals surface area (Å²) in [4.78, 5) is 22.5. The first-order valence-electron chi connectivity index (χ1n) is 6.03. The summed E-state index contributed by atoms with van der Waals surface area (Å²) < 4.78 is 26.1. The average molecular weight is 297 g/mol. The van der Waals surface area contributed by atoms with E-state index >= 15 is 0 Å². The van der Waals surface area contributed by atoms with Gasteiger partial charge in [0.25, 0.3) is 0 Å². The Morgan fingerprint density at radius 3 is 2.50 bits per heavy atom. The van der Waals surface area contributed by atoms with Crippen LogP contribution in [0.4, 0.5) is 0 Å². The molecule has 2 amide bonds. The van der Waals surface area contributed by atoms with Crippen LogP contribution in [0.25, 0.3) is 0 Å². The van der Waals surface area contributed by atoms with Gasteiger partial charge in [0.05, 0.1) is 4.90 Å². The number of hydrogen-bond donors (Lipinski definition) is 2. The number of carbonyl (C=O) groups is 2. The minimum Gasteiger partial charge on any atom is -0.366 e. The molecule has 1 atom stereocenters. The number of nitrogens with one attached hydrogen (secondary N) is 1. The number of nitrogens with zero attached hydrogens (tertiary/aromatic N) is 1. The van der Waals surface area contributed by atoms with E-state index in [-0.39, 0.29) is 29.5 Å². The van der Waals surface area contributed by atoms with Crippen LogP contribution in [-0.4, -0.2) is 43.7 Å². The summed E-state index contributed by atoms with van der Waals surface area (Å²) in [5.41, 5.74) is 5.33. The Labute approximate surface area is 116 Å². The van der Waals surface area contributed by atoms with Crippen LogP contribution in [0.15, 0.2) is 29.2 Å². The monoisotopic (exact) mass is 297 g/mol. The van der Waals surface area contributed by atoms with E-state index in [9.17, 15) is 18.0 Å². The summed E-state index contributed by atoms with van der Waals surface area (Å²) in [5.74, 6) is -0.951.